The summed E-state index contributed by atoms with van der Waals surface area (Å²) >= 11 is 0. The fourth-order valence-electron chi connectivity index (χ4n) is 2.41. The molecule has 1 aliphatic heterocycles. The number of esters is 2. The van der Waals surface area contributed by atoms with Crippen molar-refractivity contribution in [1.29, 1.82) is 0 Å². The molecule has 0 atom stereocenters. The van der Waals surface area contributed by atoms with Gasteiger partial charge in [-0.15, -0.1) is 0 Å². The number of nitrogens with one attached hydrogen (secondary N) is 1. The second kappa shape index (κ2) is 4.90. The molecular weight excluding hydrogens is 254 g/mol. The lowest BCUT2D eigenvalue weighted by Gasteiger charge is -2.16. The minimum atomic E-state index is -0.579. The van der Waals surface area contributed by atoms with Crippen molar-refractivity contribution < 1.29 is 14.3 Å². The Kier molecular flexibility index (Phi) is 3.08. The van der Waals surface area contributed by atoms with Crippen molar-refractivity contribution in [2.75, 3.05) is 13.6 Å². The number of hydrogen-bond donors (Lipinski definition) is 1. The normalized spacial score (nSPS) is 14.1. The number of carbonyl (C=O) groups excluding carboxylic acids is 2. The van der Waals surface area contributed by atoms with Gasteiger partial charge in [0.1, 0.15) is 0 Å². The molecule has 0 spiro atoms. The van der Waals surface area contributed by atoms with Gasteiger partial charge in [0.2, 0.25) is 0 Å². The summed E-state index contributed by atoms with van der Waals surface area (Å²) in [4.78, 5) is 23.6. The van der Waals surface area contributed by atoms with Crippen molar-refractivity contribution in [1.82, 2.24) is 5.32 Å². The summed E-state index contributed by atoms with van der Waals surface area (Å²) in [5, 5.41) is 4.60. The highest BCUT2D eigenvalue weighted by Crippen LogP contribution is 2.31. The minimum absolute atomic E-state index is 0.445. The molecule has 1 heterocycles. The number of benzene rings is 2. The van der Waals surface area contributed by atoms with E-state index in [2.05, 4.69) is 5.32 Å². The molecule has 20 heavy (non-hydrogen) atoms. The standard InChI is InChI=1S/C16H13NO3/c1-17-9-3-4-10-7-8-13-14-11(10)5-2-6-12(14)15(18)20-16(13)19/h2-8,17H,9H2,1H3. The average molecular weight is 267 g/mol. The Morgan fingerprint density at radius 2 is 1.85 bits per heavy atom. The molecule has 0 saturated heterocycles. The van der Waals surface area contributed by atoms with E-state index < -0.39 is 11.9 Å². The highest BCUT2D eigenvalue weighted by molar-refractivity contribution is 6.21. The number of carbonyl (C=O) groups is 2. The lowest BCUT2D eigenvalue weighted by atomic mass is 9.94. The summed E-state index contributed by atoms with van der Waals surface area (Å²) in [5.74, 6) is -1.16. The fraction of sp³-hybridized carbons (Fsp3) is 0.125. The maximum Gasteiger partial charge on any atom is 0.346 e. The SMILES string of the molecule is CNCC=Cc1ccc2c3c(cccc13)C(=O)OC2=O. The first-order chi connectivity index (χ1) is 9.72. The van der Waals surface area contributed by atoms with Gasteiger partial charge in [-0.2, -0.15) is 0 Å². The van der Waals surface area contributed by atoms with Crippen molar-refractivity contribution in [2.45, 2.75) is 0 Å². The summed E-state index contributed by atoms with van der Waals surface area (Å²) < 4.78 is 4.74. The van der Waals surface area contributed by atoms with Gasteiger partial charge in [0.15, 0.2) is 0 Å². The summed E-state index contributed by atoms with van der Waals surface area (Å²) in [6.07, 6.45) is 3.97. The van der Waals surface area contributed by atoms with Crippen LogP contribution >= 0.6 is 0 Å². The van der Waals surface area contributed by atoms with Gasteiger partial charge >= 0.3 is 11.9 Å². The highest BCUT2D eigenvalue weighted by atomic mass is 16.6. The Labute approximate surface area is 116 Å². The maximum atomic E-state index is 11.8. The molecule has 2 aromatic carbocycles. The Balaban J connectivity index is 2.26. The van der Waals surface area contributed by atoms with Gasteiger partial charge in [0, 0.05) is 11.9 Å². The minimum Gasteiger partial charge on any atom is -0.386 e. The fourth-order valence-corrected chi connectivity index (χ4v) is 2.41. The van der Waals surface area contributed by atoms with E-state index in [1.807, 2.05) is 31.3 Å². The zero-order valence-corrected chi connectivity index (χ0v) is 11.0. The molecule has 0 bridgehead atoms. The molecule has 0 saturated carbocycles. The zero-order valence-electron chi connectivity index (χ0n) is 11.0. The largest absolute Gasteiger partial charge is 0.386 e. The van der Waals surface area contributed by atoms with Gasteiger partial charge < -0.3 is 10.1 Å². The Hall–Kier alpha value is -2.46. The van der Waals surface area contributed by atoms with Crippen molar-refractivity contribution in [3.8, 4) is 0 Å². The van der Waals surface area contributed by atoms with E-state index in [0.717, 1.165) is 17.5 Å². The van der Waals surface area contributed by atoms with Crippen LogP contribution in [-0.2, 0) is 4.74 Å². The molecule has 0 radical (unpaired) electrons. The third-order valence-electron chi connectivity index (χ3n) is 3.32. The van der Waals surface area contributed by atoms with Crippen molar-refractivity contribution >= 4 is 28.8 Å². The Morgan fingerprint density at radius 1 is 1.10 bits per heavy atom. The first kappa shape index (κ1) is 12.6. The molecule has 1 N–H and O–H groups in total. The molecule has 0 fully saturated rings. The molecule has 0 amide bonds. The summed E-state index contributed by atoms with van der Waals surface area (Å²) in [5.41, 5.74) is 1.87. The summed E-state index contributed by atoms with van der Waals surface area (Å²) in [6.45, 7) is 0.754. The van der Waals surface area contributed by atoms with Crippen LogP contribution in [-0.4, -0.2) is 25.5 Å². The van der Waals surface area contributed by atoms with E-state index in [0.29, 0.717) is 16.5 Å². The first-order valence-electron chi connectivity index (χ1n) is 6.36. The van der Waals surface area contributed by atoms with Crippen LogP contribution in [0.3, 0.4) is 0 Å². The Bertz CT molecular complexity index is 726. The Morgan fingerprint density at radius 3 is 2.60 bits per heavy atom. The topological polar surface area (TPSA) is 55.4 Å². The van der Waals surface area contributed by atoms with Crippen LogP contribution in [0.15, 0.2) is 36.4 Å². The predicted octanol–water partition coefficient (Wildman–Crippen LogP) is 2.38. The van der Waals surface area contributed by atoms with Crippen LogP contribution < -0.4 is 5.32 Å². The number of likely N-dealkylation sites (N-methyl/N-ethyl adjacent to an activating group) is 1. The van der Waals surface area contributed by atoms with E-state index in [1.165, 1.54) is 0 Å². The van der Waals surface area contributed by atoms with Crippen LogP contribution in [0, 0.1) is 0 Å². The summed E-state index contributed by atoms with van der Waals surface area (Å²) in [6, 6.07) is 8.97. The van der Waals surface area contributed by atoms with E-state index in [-0.39, 0.29) is 0 Å². The third-order valence-corrected chi connectivity index (χ3v) is 3.32. The van der Waals surface area contributed by atoms with E-state index in [1.54, 1.807) is 18.2 Å². The van der Waals surface area contributed by atoms with Gasteiger partial charge in [-0.3, -0.25) is 0 Å². The predicted molar refractivity (Wildman–Crippen MR) is 76.7 cm³/mol. The van der Waals surface area contributed by atoms with Gasteiger partial charge in [-0.05, 0) is 30.1 Å². The molecule has 4 heteroatoms. The molecule has 0 aliphatic carbocycles. The molecule has 0 aromatic heterocycles. The lowest BCUT2D eigenvalue weighted by Crippen LogP contribution is -2.19. The molecule has 2 aromatic rings. The van der Waals surface area contributed by atoms with E-state index >= 15 is 0 Å². The molecule has 0 unspecified atom stereocenters. The van der Waals surface area contributed by atoms with Crippen LogP contribution in [0.25, 0.3) is 16.8 Å². The number of hydrogen-bond acceptors (Lipinski definition) is 4. The monoisotopic (exact) mass is 267 g/mol. The average Bonchev–Trinajstić information content (AvgIpc) is 2.45. The van der Waals surface area contributed by atoms with Crippen molar-refractivity contribution in [3.63, 3.8) is 0 Å². The lowest BCUT2D eigenvalue weighted by molar-refractivity contribution is 0.0391. The number of rotatable bonds is 3. The second-order valence-corrected chi connectivity index (χ2v) is 4.57. The molecule has 3 rings (SSSR count). The van der Waals surface area contributed by atoms with E-state index in [9.17, 15) is 9.59 Å². The van der Waals surface area contributed by atoms with E-state index in [4.69, 9.17) is 4.74 Å². The molecular formula is C16H13NO3. The maximum absolute atomic E-state index is 11.8. The smallest absolute Gasteiger partial charge is 0.346 e. The van der Waals surface area contributed by atoms with Gasteiger partial charge in [0.25, 0.3) is 0 Å². The molecule has 1 aliphatic rings. The van der Waals surface area contributed by atoms with Gasteiger partial charge in [0.05, 0.1) is 11.1 Å². The molecule has 4 nitrogen and oxygen atoms in total. The second-order valence-electron chi connectivity index (χ2n) is 4.57. The number of ether oxygens (including phenoxy) is 1. The van der Waals surface area contributed by atoms with Gasteiger partial charge in [-0.1, -0.05) is 30.4 Å². The van der Waals surface area contributed by atoms with Crippen LogP contribution in [0.2, 0.25) is 0 Å². The molecule has 100 valence electrons. The summed E-state index contributed by atoms with van der Waals surface area (Å²) in [7, 11) is 1.87. The number of cyclic esters (lactones) is 2. The quantitative estimate of drug-likeness (QED) is 0.685. The highest BCUT2D eigenvalue weighted by Gasteiger charge is 2.27. The van der Waals surface area contributed by atoms with Crippen molar-refractivity contribution in [2.24, 2.45) is 0 Å². The van der Waals surface area contributed by atoms with Crippen molar-refractivity contribution in [3.05, 3.63) is 53.1 Å². The van der Waals surface area contributed by atoms with Crippen LogP contribution in [0.1, 0.15) is 26.3 Å². The third kappa shape index (κ3) is 1.90. The van der Waals surface area contributed by atoms with Crippen LogP contribution in [0.5, 0.6) is 0 Å². The first-order valence-corrected chi connectivity index (χ1v) is 6.36. The van der Waals surface area contributed by atoms with Crippen LogP contribution in [0.4, 0.5) is 0 Å². The van der Waals surface area contributed by atoms with Gasteiger partial charge in [-0.25, -0.2) is 9.59 Å². The zero-order chi connectivity index (χ0) is 14.1.